The number of methoxy groups -OCH3 is 2. The van der Waals surface area contributed by atoms with Crippen molar-refractivity contribution in [2.24, 2.45) is 0 Å². The standard InChI is InChI=1S/C28H26FN5O3S/c1-36-17-25(35)31-21-16-18(12-13-24(21)37-2)34-27(26(32-28(34)38)20-9-5-6-14-30-20)23-11-7-15-33(23)22-10-4-3-8-19(22)29/h3-16,26-27H,17H2,1-2H3,(H,31,35)(H,32,38). The van der Waals surface area contributed by atoms with Gasteiger partial charge in [-0.3, -0.25) is 9.78 Å². The second kappa shape index (κ2) is 11.0. The lowest BCUT2D eigenvalue weighted by atomic mass is 10.0. The molecule has 4 aromatic rings. The van der Waals surface area contributed by atoms with Gasteiger partial charge in [-0.05, 0) is 66.8 Å². The van der Waals surface area contributed by atoms with E-state index in [1.54, 1.807) is 36.5 Å². The van der Waals surface area contributed by atoms with Crippen LogP contribution in [0.1, 0.15) is 23.5 Å². The number of hydrogen-bond acceptors (Lipinski definition) is 5. The van der Waals surface area contributed by atoms with Crippen LogP contribution in [0.4, 0.5) is 15.8 Å². The molecular weight excluding hydrogens is 505 g/mol. The molecule has 2 atom stereocenters. The fraction of sp³-hybridized carbons (Fsp3) is 0.179. The first-order valence-corrected chi connectivity index (χ1v) is 12.3. The predicted octanol–water partition coefficient (Wildman–Crippen LogP) is 4.78. The normalized spacial score (nSPS) is 16.8. The molecule has 1 fully saturated rings. The average molecular weight is 532 g/mol. The topological polar surface area (TPSA) is 80.7 Å². The summed E-state index contributed by atoms with van der Waals surface area (Å²) in [4.78, 5) is 18.8. The zero-order valence-electron chi connectivity index (χ0n) is 20.8. The van der Waals surface area contributed by atoms with E-state index in [0.717, 1.165) is 11.4 Å². The van der Waals surface area contributed by atoms with E-state index >= 15 is 0 Å². The molecule has 1 aliphatic rings. The van der Waals surface area contributed by atoms with Crippen molar-refractivity contribution in [1.29, 1.82) is 0 Å². The van der Waals surface area contributed by atoms with Crippen molar-refractivity contribution in [2.45, 2.75) is 12.1 Å². The molecule has 1 amide bonds. The summed E-state index contributed by atoms with van der Waals surface area (Å²) < 4.78 is 27.2. The van der Waals surface area contributed by atoms with E-state index in [-0.39, 0.29) is 24.4 Å². The van der Waals surface area contributed by atoms with E-state index in [2.05, 4.69) is 15.6 Å². The lowest BCUT2D eigenvalue weighted by Gasteiger charge is -2.29. The van der Waals surface area contributed by atoms with Gasteiger partial charge in [-0.2, -0.15) is 0 Å². The molecule has 2 unspecified atom stereocenters. The number of halogens is 1. The first-order valence-electron chi connectivity index (χ1n) is 11.9. The first kappa shape index (κ1) is 25.4. The number of rotatable bonds is 8. The van der Waals surface area contributed by atoms with Gasteiger partial charge in [0.1, 0.15) is 24.2 Å². The molecule has 3 heterocycles. The molecule has 0 saturated carbocycles. The lowest BCUT2D eigenvalue weighted by Crippen LogP contribution is -2.30. The van der Waals surface area contributed by atoms with Crippen LogP contribution in [0.3, 0.4) is 0 Å². The summed E-state index contributed by atoms with van der Waals surface area (Å²) in [5, 5.41) is 6.70. The lowest BCUT2D eigenvalue weighted by molar-refractivity contribution is -0.119. The highest BCUT2D eigenvalue weighted by Gasteiger charge is 2.42. The van der Waals surface area contributed by atoms with Gasteiger partial charge in [0.2, 0.25) is 5.91 Å². The molecule has 0 aliphatic carbocycles. The van der Waals surface area contributed by atoms with Crippen LogP contribution < -0.4 is 20.3 Å². The Hall–Kier alpha value is -4.28. The van der Waals surface area contributed by atoms with E-state index in [9.17, 15) is 9.18 Å². The fourth-order valence-corrected chi connectivity index (χ4v) is 5.04. The van der Waals surface area contributed by atoms with Crippen molar-refractivity contribution >= 4 is 34.6 Å². The van der Waals surface area contributed by atoms with Gasteiger partial charge in [-0.15, -0.1) is 0 Å². The third kappa shape index (κ3) is 4.83. The predicted molar refractivity (Wildman–Crippen MR) is 147 cm³/mol. The zero-order valence-corrected chi connectivity index (χ0v) is 21.6. The maximum atomic E-state index is 14.9. The molecule has 2 aromatic heterocycles. The van der Waals surface area contributed by atoms with Crippen LogP contribution in [0, 0.1) is 5.82 Å². The van der Waals surface area contributed by atoms with Gasteiger partial charge in [0.05, 0.1) is 30.2 Å². The molecule has 0 radical (unpaired) electrons. The smallest absolute Gasteiger partial charge is 0.250 e. The van der Waals surface area contributed by atoms with Gasteiger partial charge in [0, 0.05) is 30.9 Å². The van der Waals surface area contributed by atoms with Crippen LogP contribution in [0.15, 0.2) is 85.2 Å². The Labute approximate surface area is 225 Å². The van der Waals surface area contributed by atoms with Gasteiger partial charge in [-0.25, -0.2) is 4.39 Å². The van der Waals surface area contributed by atoms with Crippen molar-refractivity contribution in [2.75, 3.05) is 31.0 Å². The van der Waals surface area contributed by atoms with Crippen molar-refractivity contribution < 1.29 is 18.7 Å². The van der Waals surface area contributed by atoms with E-state index in [4.69, 9.17) is 21.7 Å². The molecular formula is C28H26FN5O3S. The van der Waals surface area contributed by atoms with Gasteiger partial charge in [0.25, 0.3) is 0 Å². The molecule has 1 saturated heterocycles. The number of ether oxygens (including phenoxy) is 2. The number of thiocarbonyl (C=S) groups is 1. The Balaban J connectivity index is 1.64. The van der Waals surface area contributed by atoms with E-state index in [1.807, 2.05) is 52.1 Å². The number of hydrogen-bond donors (Lipinski definition) is 2. The maximum Gasteiger partial charge on any atom is 0.250 e. The zero-order chi connectivity index (χ0) is 26.6. The Bertz CT molecular complexity index is 1460. The van der Waals surface area contributed by atoms with E-state index < -0.39 is 6.04 Å². The molecule has 194 valence electrons. The number of para-hydroxylation sites is 1. The minimum absolute atomic E-state index is 0.0996. The molecule has 8 nitrogen and oxygen atoms in total. The monoisotopic (exact) mass is 531 g/mol. The van der Waals surface area contributed by atoms with Crippen LogP contribution in [0.2, 0.25) is 0 Å². The number of aromatic nitrogens is 2. The van der Waals surface area contributed by atoms with Crippen LogP contribution >= 0.6 is 12.2 Å². The Kier molecular flexibility index (Phi) is 7.34. The van der Waals surface area contributed by atoms with Gasteiger partial charge in [0.15, 0.2) is 5.11 Å². The number of amides is 1. The number of anilines is 2. The van der Waals surface area contributed by atoms with Crippen molar-refractivity contribution in [3.63, 3.8) is 0 Å². The molecule has 5 rings (SSSR count). The third-order valence-corrected chi connectivity index (χ3v) is 6.62. The van der Waals surface area contributed by atoms with E-state index in [0.29, 0.717) is 27.9 Å². The highest BCUT2D eigenvalue weighted by atomic mass is 32.1. The number of carbonyl (C=O) groups excluding carboxylic acids is 1. The third-order valence-electron chi connectivity index (χ3n) is 6.30. The van der Waals surface area contributed by atoms with Crippen molar-refractivity contribution in [3.05, 3.63) is 102 Å². The van der Waals surface area contributed by atoms with Crippen molar-refractivity contribution in [1.82, 2.24) is 14.9 Å². The highest BCUT2D eigenvalue weighted by Crippen LogP contribution is 2.44. The molecule has 2 aromatic carbocycles. The average Bonchev–Trinajstić information content (AvgIpc) is 3.53. The molecule has 1 aliphatic heterocycles. The minimum atomic E-state index is -0.400. The highest BCUT2D eigenvalue weighted by molar-refractivity contribution is 7.80. The summed E-state index contributed by atoms with van der Waals surface area (Å²) in [5.41, 5.74) is 3.19. The summed E-state index contributed by atoms with van der Waals surface area (Å²) >= 11 is 5.84. The quantitative estimate of drug-likeness (QED) is 0.317. The Morgan fingerprint density at radius 3 is 2.66 bits per heavy atom. The van der Waals surface area contributed by atoms with Crippen LogP contribution in [0.5, 0.6) is 5.75 Å². The second-order valence-corrected chi connectivity index (χ2v) is 9.00. The second-order valence-electron chi connectivity index (χ2n) is 8.62. The van der Waals surface area contributed by atoms with Gasteiger partial charge in [-0.1, -0.05) is 18.2 Å². The number of nitrogens with zero attached hydrogens (tertiary/aromatic N) is 3. The Morgan fingerprint density at radius 2 is 1.92 bits per heavy atom. The summed E-state index contributed by atoms with van der Waals surface area (Å²) in [5.74, 6) is -0.169. The van der Waals surface area contributed by atoms with Crippen LogP contribution in [-0.2, 0) is 9.53 Å². The summed E-state index contributed by atoms with van der Waals surface area (Å²) in [6, 6.07) is 20.8. The molecule has 10 heteroatoms. The molecule has 0 bridgehead atoms. The summed E-state index contributed by atoms with van der Waals surface area (Å²) in [6.45, 7) is -0.0996. The summed E-state index contributed by atoms with van der Waals surface area (Å²) in [6.07, 6.45) is 3.56. The summed E-state index contributed by atoms with van der Waals surface area (Å²) in [7, 11) is 2.98. The van der Waals surface area contributed by atoms with Crippen LogP contribution in [0.25, 0.3) is 5.69 Å². The van der Waals surface area contributed by atoms with Gasteiger partial charge >= 0.3 is 0 Å². The van der Waals surface area contributed by atoms with E-state index in [1.165, 1.54) is 20.3 Å². The molecule has 38 heavy (non-hydrogen) atoms. The van der Waals surface area contributed by atoms with Crippen LogP contribution in [-0.4, -0.2) is 41.4 Å². The fourth-order valence-electron chi connectivity index (χ4n) is 4.70. The van der Waals surface area contributed by atoms with Crippen molar-refractivity contribution in [3.8, 4) is 11.4 Å². The molecule has 2 N–H and O–H groups in total. The number of nitrogens with one attached hydrogen (secondary N) is 2. The number of carbonyl (C=O) groups is 1. The van der Waals surface area contributed by atoms with Gasteiger partial charge < -0.3 is 29.6 Å². The largest absolute Gasteiger partial charge is 0.495 e. The number of benzene rings is 2. The Morgan fingerprint density at radius 1 is 1.11 bits per heavy atom. The first-order chi connectivity index (χ1) is 18.5. The maximum absolute atomic E-state index is 14.9. The minimum Gasteiger partial charge on any atom is -0.495 e. The molecule has 0 spiro atoms. The SMILES string of the molecule is COCC(=O)Nc1cc(N2C(=S)NC(c3ccccn3)C2c2cccn2-c2ccccc2F)ccc1OC. The number of pyridine rings is 1.